The number of hydrogen-bond donors (Lipinski definition) is 3. The van der Waals surface area contributed by atoms with E-state index in [1.165, 1.54) is 89.1 Å². The molecule has 2 aliphatic carbocycles. The van der Waals surface area contributed by atoms with Crippen LogP contribution in [0.1, 0.15) is 209 Å². The van der Waals surface area contributed by atoms with Crippen LogP contribution < -0.4 is 23.8 Å². The first-order valence-electron chi connectivity index (χ1n) is 43.6. The molecule has 12 heteroatoms. The predicted molar refractivity (Wildman–Crippen MR) is 496 cm³/mol. The lowest BCUT2D eigenvalue weighted by atomic mass is 9.81. The summed E-state index contributed by atoms with van der Waals surface area (Å²) in [4.78, 5) is 34.1. The van der Waals surface area contributed by atoms with Gasteiger partial charge in [-0.2, -0.15) is 5.26 Å². The standard InChI is InChI=1S/C108H108N6O6/c1-9-13-17-27-59-117-80-43-49-82(100(68-80)119-61-29-19-15-11-3)75-39-45-84-86-47-41-78(66-90(86)107(5,6)88(84)64-75)114(79-42-48-87-85-46-40-76(65-89(85)108(7,8)91(87)67-79)83-50-44-81(118-60-28-18-14-10-2)69-101(83)120-62-30-20-16-12-4)105-98-57-55-96(112-98)102(72-31-23-21-24-32-72)92-51-53-94(110-92)104(74-37-35-71(36-38-74)63-77(70-109)106(115)116)95-54-52-93(111-95)103(73-33-25-22-26-34-73)97-56-58-99(105)113-97/h21-26,31-58,63-69,110,113H,9-20,27-30,59-62H2,1-8H3,(H,115,116)/b77-63-,102-92?,102-96?,103-93?,103-97?,104-94?,104-95?,105-98?,105-99?. The molecule has 0 saturated carbocycles. The highest BCUT2D eigenvalue weighted by atomic mass is 16.5. The predicted octanol–water partition coefficient (Wildman–Crippen LogP) is 28.9. The number of ether oxygens (including phenoxy) is 4. The number of H-pyrrole nitrogens is 2. The molecule has 8 bridgehead atoms. The molecular weight excluding hydrogens is 1480 g/mol. The molecule has 5 heterocycles. The number of nitrogens with zero attached hydrogens (tertiary/aromatic N) is 4. The summed E-state index contributed by atoms with van der Waals surface area (Å²) in [5, 5.41) is 19.6. The highest BCUT2D eigenvalue weighted by molar-refractivity contribution is 6.03. The molecule has 16 rings (SSSR count). The number of benzene rings is 9. The molecular formula is C108H108N6O6. The van der Waals surface area contributed by atoms with Crippen molar-refractivity contribution in [1.29, 1.82) is 5.26 Å². The Labute approximate surface area is 707 Å². The van der Waals surface area contributed by atoms with Crippen LogP contribution in [0, 0.1) is 11.3 Å². The summed E-state index contributed by atoms with van der Waals surface area (Å²) in [5.41, 5.74) is 27.8. The van der Waals surface area contributed by atoms with Crippen LogP contribution in [0.25, 0.3) is 130 Å². The van der Waals surface area contributed by atoms with Crippen LogP contribution in [0.15, 0.2) is 224 Å². The van der Waals surface area contributed by atoms with Crippen LogP contribution >= 0.6 is 0 Å². The van der Waals surface area contributed by atoms with Crippen molar-refractivity contribution >= 4 is 75.5 Å². The van der Waals surface area contributed by atoms with Crippen molar-refractivity contribution < 1.29 is 28.8 Å². The van der Waals surface area contributed by atoms with Gasteiger partial charge in [0.2, 0.25) is 0 Å². The molecule has 2 aliphatic heterocycles. The highest BCUT2D eigenvalue weighted by Crippen LogP contribution is 2.56. The molecule has 0 saturated heterocycles. The van der Waals surface area contributed by atoms with Gasteiger partial charge < -0.3 is 38.9 Å². The van der Waals surface area contributed by atoms with Gasteiger partial charge in [0.25, 0.3) is 0 Å². The van der Waals surface area contributed by atoms with Crippen LogP contribution in [0.2, 0.25) is 0 Å². The maximum atomic E-state index is 12.0. The summed E-state index contributed by atoms with van der Waals surface area (Å²) in [6.07, 6.45) is 27.9. The molecule has 0 atom stereocenters. The second-order valence-corrected chi connectivity index (χ2v) is 33.3. The van der Waals surface area contributed by atoms with Crippen molar-refractivity contribution in [3.05, 3.63) is 275 Å². The van der Waals surface area contributed by atoms with E-state index in [1.54, 1.807) is 0 Å². The minimum atomic E-state index is -1.28. The van der Waals surface area contributed by atoms with Gasteiger partial charge in [0, 0.05) is 78.7 Å². The molecule has 9 aromatic carbocycles. The smallest absolute Gasteiger partial charge is 0.346 e. The number of carbonyl (C=O) groups is 1. The molecule has 606 valence electrons. The lowest BCUT2D eigenvalue weighted by Gasteiger charge is -2.30. The fraction of sp³-hybridized carbons (Fsp3) is 0.278. The van der Waals surface area contributed by atoms with E-state index in [4.69, 9.17) is 28.9 Å². The number of fused-ring (bicyclic) bond motifs is 14. The van der Waals surface area contributed by atoms with E-state index in [-0.39, 0.29) is 5.57 Å². The Kier molecular flexibility index (Phi) is 24.5. The van der Waals surface area contributed by atoms with Gasteiger partial charge in [0.15, 0.2) is 0 Å². The Bertz CT molecular complexity index is 5890. The number of rotatable bonds is 34. The maximum Gasteiger partial charge on any atom is 0.346 e. The number of unbranched alkanes of at least 4 members (excludes halogenated alkanes) is 12. The maximum absolute atomic E-state index is 12.0. The summed E-state index contributed by atoms with van der Waals surface area (Å²) >= 11 is 0. The molecule has 0 radical (unpaired) electrons. The zero-order valence-electron chi connectivity index (χ0n) is 70.6. The summed E-state index contributed by atoms with van der Waals surface area (Å²) in [5.74, 6) is 2.08. The van der Waals surface area contributed by atoms with Crippen LogP contribution in [-0.2, 0) is 15.6 Å². The minimum absolute atomic E-state index is 0.351. The summed E-state index contributed by atoms with van der Waals surface area (Å²) < 4.78 is 26.4. The number of carboxylic acid groups (broad SMARTS) is 1. The lowest BCUT2D eigenvalue weighted by Crippen LogP contribution is -2.18. The van der Waals surface area contributed by atoms with Crippen LogP contribution in [0.5, 0.6) is 23.0 Å². The average Bonchev–Trinajstić information content (AvgIpc) is 1.57. The first-order chi connectivity index (χ1) is 58.6. The van der Waals surface area contributed by atoms with Gasteiger partial charge in [0.1, 0.15) is 34.6 Å². The van der Waals surface area contributed by atoms with Crippen molar-refractivity contribution in [3.8, 4) is 107 Å². The number of aliphatic carboxylic acids is 1. The molecule has 12 nitrogen and oxygen atoms in total. The molecule has 3 aromatic heterocycles. The lowest BCUT2D eigenvalue weighted by molar-refractivity contribution is -0.132. The fourth-order valence-corrected chi connectivity index (χ4v) is 17.8. The van der Waals surface area contributed by atoms with Gasteiger partial charge in [-0.15, -0.1) is 0 Å². The Morgan fingerprint density at radius 1 is 0.392 bits per heavy atom. The van der Waals surface area contributed by atoms with E-state index in [0.29, 0.717) is 32.0 Å². The van der Waals surface area contributed by atoms with Crippen LogP contribution in [0.3, 0.4) is 0 Å². The third-order valence-corrected chi connectivity index (χ3v) is 24.3. The zero-order valence-corrected chi connectivity index (χ0v) is 70.6. The topological polar surface area (TPSA) is 159 Å². The van der Waals surface area contributed by atoms with Crippen LogP contribution in [-0.4, -0.2) is 57.4 Å². The molecule has 12 aromatic rings. The number of carboxylic acids is 1. The Hall–Kier alpha value is -12.7. The highest BCUT2D eigenvalue weighted by Gasteiger charge is 2.40. The van der Waals surface area contributed by atoms with Gasteiger partial charge in [-0.25, -0.2) is 14.8 Å². The second kappa shape index (κ2) is 36.2. The van der Waals surface area contributed by atoms with E-state index >= 15 is 0 Å². The van der Waals surface area contributed by atoms with Gasteiger partial charge >= 0.3 is 5.97 Å². The number of hydrogen-bond acceptors (Lipinski definition) is 9. The van der Waals surface area contributed by atoms with Gasteiger partial charge in [-0.1, -0.05) is 254 Å². The Balaban J connectivity index is 0.891. The van der Waals surface area contributed by atoms with Crippen molar-refractivity contribution in [2.75, 3.05) is 31.3 Å². The molecule has 0 fully saturated rings. The van der Waals surface area contributed by atoms with E-state index < -0.39 is 16.8 Å². The summed E-state index contributed by atoms with van der Waals surface area (Å²) in [6.45, 7) is 21.1. The van der Waals surface area contributed by atoms with E-state index in [2.05, 4.69) is 277 Å². The van der Waals surface area contributed by atoms with Crippen molar-refractivity contribution in [1.82, 2.24) is 19.9 Å². The average molecular weight is 1590 g/mol. The Morgan fingerprint density at radius 3 is 1.17 bits per heavy atom. The van der Waals surface area contributed by atoms with Gasteiger partial charge in [0.05, 0.1) is 60.4 Å². The zero-order chi connectivity index (χ0) is 82.9. The number of nitriles is 1. The molecule has 120 heavy (non-hydrogen) atoms. The van der Waals surface area contributed by atoms with E-state index in [0.717, 1.165) is 205 Å². The van der Waals surface area contributed by atoms with E-state index in [1.807, 2.05) is 42.5 Å². The van der Waals surface area contributed by atoms with Crippen molar-refractivity contribution in [3.63, 3.8) is 0 Å². The monoisotopic (exact) mass is 1580 g/mol. The molecule has 3 N–H and O–H groups in total. The van der Waals surface area contributed by atoms with Crippen molar-refractivity contribution in [2.24, 2.45) is 0 Å². The Morgan fingerprint density at radius 2 is 0.750 bits per heavy atom. The fourth-order valence-electron chi connectivity index (χ4n) is 17.8. The van der Waals surface area contributed by atoms with Crippen LogP contribution in [0.4, 0.5) is 17.1 Å². The normalized spacial score (nSPS) is 13.2. The number of nitrogens with one attached hydrogen (secondary N) is 2. The summed E-state index contributed by atoms with van der Waals surface area (Å²) in [7, 11) is 0. The van der Waals surface area contributed by atoms with Gasteiger partial charge in [-0.05, 0) is 219 Å². The first kappa shape index (κ1) is 81.0. The number of anilines is 3. The number of aromatic amines is 2. The third-order valence-electron chi connectivity index (χ3n) is 24.3. The SMILES string of the molecule is CCCCCCOc1ccc(-c2ccc3c(c2)C(C)(C)c2cc(N(c4ccc5c(c4)C(C)(C)c4cc(-c6ccc(OCCCCCC)cc6OCCCCCC)ccc4-5)c4c5nc(c(-c6ccccc6)c6ccc([nH]6)c(-c6ccc(/C=C(/C#N)C(=O)O)cc6)c6nc(c(-c7ccccc7)c7ccc4[nH]7)C=C6)C=C5)ccc2-3)c(OCCCCCC)c1. The molecule has 0 spiro atoms. The largest absolute Gasteiger partial charge is 0.493 e. The number of aromatic nitrogens is 4. The van der Waals surface area contributed by atoms with Crippen molar-refractivity contribution in [2.45, 2.75) is 169 Å². The molecule has 4 aliphatic rings. The quantitative estimate of drug-likeness (QED) is 0.0201. The molecule has 0 amide bonds. The third kappa shape index (κ3) is 16.8. The minimum Gasteiger partial charge on any atom is -0.493 e. The summed E-state index contributed by atoms with van der Waals surface area (Å²) in [6, 6.07) is 80.0. The first-order valence-corrected chi connectivity index (χ1v) is 43.6. The molecule has 0 unspecified atom stereocenters. The van der Waals surface area contributed by atoms with E-state index in [9.17, 15) is 15.2 Å². The second-order valence-electron chi connectivity index (χ2n) is 33.3. The van der Waals surface area contributed by atoms with Gasteiger partial charge in [-0.3, -0.25) is 0 Å².